The van der Waals surface area contributed by atoms with Gasteiger partial charge in [0, 0.05) is 11.9 Å². The van der Waals surface area contributed by atoms with E-state index in [2.05, 4.69) is 5.32 Å². The first-order valence-electron chi connectivity index (χ1n) is 6.61. The molecule has 0 aromatic carbocycles. The van der Waals surface area contributed by atoms with Crippen LogP contribution in [0.3, 0.4) is 0 Å². The summed E-state index contributed by atoms with van der Waals surface area (Å²) < 4.78 is 5.35. The summed E-state index contributed by atoms with van der Waals surface area (Å²) in [6, 6.07) is -0.501. The van der Waals surface area contributed by atoms with Crippen LogP contribution in [0.2, 0.25) is 0 Å². The van der Waals surface area contributed by atoms with E-state index in [1.165, 1.54) is 4.90 Å². The summed E-state index contributed by atoms with van der Waals surface area (Å²) in [5, 5.41) is 2.76. The maximum absolute atomic E-state index is 12.2. The third-order valence-electron chi connectivity index (χ3n) is 2.59. The van der Waals surface area contributed by atoms with Gasteiger partial charge in [-0.05, 0) is 40.0 Å². The molecule has 1 rings (SSSR count). The maximum atomic E-state index is 12.2. The van der Waals surface area contributed by atoms with Crippen molar-refractivity contribution in [2.75, 3.05) is 0 Å². The van der Waals surface area contributed by atoms with Gasteiger partial charge in [0.2, 0.25) is 5.91 Å². The molecule has 0 saturated heterocycles. The lowest BCUT2D eigenvalue weighted by molar-refractivity contribution is -0.126. The number of amides is 2. The summed E-state index contributed by atoms with van der Waals surface area (Å²) in [4.78, 5) is 25.6. The Labute approximate surface area is 115 Å². The molecular formula is C14H24N2O3. The fraction of sp³-hybridized carbons (Fsp3) is 0.714. The Hall–Kier alpha value is -1.52. The van der Waals surface area contributed by atoms with E-state index in [1.54, 1.807) is 13.1 Å². The summed E-state index contributed by atoms with van der Waals surface area (Å²) >= 11 is 0. The first-order chi connectivity index (χ1) is 8.60. The predicted molar refractivity (Wildman–Crippen MR) is 73.2 cm³/mol. The van der Waals surface area contributed by atoms with Crippen LogP contribution < -0.4 is 5.32 Å². The lowest BCUT2D eigenvalue weighted by Crippen LogP contribution is -2.52. The van der Waals surface area contributed by atoms with Gasteiger partial charge in [-0.15, -0.1) is 0 Å². The van der Waals surface area contributed by atoms with Gasteiger partial charge in [0.05, 0.1) is 0 Å². The molecule has 5 nitrogen and oxygen atoms in total. The average Bonchev–Trinajstić information content (AvgIpc) is 2.18. The minimum atomic E-state index is -0.574. The SMILES string of the molecule is CC1=CN(C(=O)OC(C)(C)C)[C@@H](CC(C)C)C(=O)N1. The quantitative estimate of drug-likeness (QED) is 0.837. The zero-order valence-corrected chi connectivity index (χ0v) is 12.6. The zero-order chi connectivity index (χ0) is 14.8. The molecule has 0 fully saturated rings. The molecule has 0 saturated carbocycles. The van der Waals surface area contributed by atoms with Crippen molar-refractivity contribution in [1.82, 2.24) is 10.2 Å². The largest absolute Gasteiger partial charge is 0.443 e. The summed E-state index contributed by atoms with van der Waals surface area (Å²) in [5.41, 5.74) is 0.0747. The number of ether oxygens (including phenoxy) is 1. The molecule has 0 aliphatic carbocycles. The number of allylic oxidation sites excluding steroid dienone is 1. The topological polar surface area (TPSA) is 58.6 Å². The summed E-state index contributed by atoms with van der Waals surface area (Å²) in [5.74, 6) is 0.159. The molecule has 1 atom stereocenters. The Morgan fingerprint density at radius 2 is 2.05 bits per heavy atom. The van der Waals surface area contributed by atoms with Crippen molar-refractivity contribution in [3.05, 3.63) is 11.9 Å². The van der Waals surface area contributed by atoms with Gasteiger partial charge in [0.25, 0.3) is 0 Å². The second kappa shape index (κ2) is 5.63. The fourth-order valence-corrected chi connectivity index (χ4v) is 1.90. The Morgan fingerprint density at radius 3 is 2.53 bits per heavy atom. The fourth-order valence-electron chi connectivity index (χ4n) is 1.90. The molecule has 1 heterocycles. The minimum Gasteiger partial charge on any atom is -0.443 e. The highest BCUT2D eigenvalue weighted by Gasteiger charge is 2.35. The van der Waals surface area contributed by atoms with Crippen LogP contribution in [-0.2, 0) is 9.53 Å². The lowest BCUT2D eigenvalue weighted by atomic mass is 10.0. The summed E-state index contributed by atoms with van der Waals surface area (Å²) in [6.07, 6.45) is 1.77. The Balaban J connectivity index is 2.94. The number of carbonyl (C=O) groups excluding carboxylic acids is 2. The van der Waals surface area contributed by atoms with E-state index in [9.17, 15) is 9.59 Å². The Morgan fingerprint density at radius 1 is 1.47 bits per heavy atom. The molecule has 0 bridgehead atoms. The number of rotatable bonds is 2. The highest BCUT2D eigenvalue weighted by atomic mass is 16.6. The average molecular weight is 268 g/mol. The molecule has 0 spiro atoms. The highest BCUT2D eigenvalue weighted by Crippen LogP contribution is 2.20. The zero-order valence-electron chi connectivity index (χ0n) is 12.6. The third kappa shape index (κ3) is 4.58. The van der Waals surface area contributed by atoms with E-state index >= 15 is 0 Å². The van der Waals surface area contributed by atoms with Crippen LogP contribution in [0.15, 0.2) is 11.9 Å². The van der Waals surface area contributed by atoms with Crippen LogP contribution in [0.25, 0.3) is 0 Å². The minimum absolute atomic E-state index is 0.153. The molecule has 1 aliphatic rings. The van der Waals surface area contributed by atoms with Crippen LogP contribution in [0.5, 0.6) is 0 Å². The first kappa shape index (κ1) is 15.5. The predicted octanol–water partition coefficient (Wildman–Crippen LogP) is 2.63. The first-order valence-corrected chi connectivity index (χ1v) is 6.61. The van der Waals surface area contributed by atoms with Crippen LogP contribution >= 0.6 is 0 Å². The standard InChI is InChI=1S/C14H24N2O3/c1-9(2)7-11-12(17)15-10(3)8-16(11)13(18)19-14(4,5)6/h8-9,11H,7H2,1-6H3,(H,15,17)/t11-/m0/s1. The van der Waals surface area contributed by atoms with Crippen LogP contribution in [0, 0.1) is 5.92 Å². The van der Waals surface area contributed by atoms with Crippen molar-refractivity contribution in [2.24, 2.45) is 5.92 Å². The number of hydrogen-bond acceptors (Lipinski definition) is 3. The van der Waals surface area contributed by atoms with E-state index < -0.39 is 17.7 Å². The molecule has 108 valence electrons. The molecule has 0 aromatic heterocycles. The molecule has 1 N–H and O–H groups in total. The molecule has 19 heavy (non-hydrogen) atoms. The monoisotopic (exact) mass is 268 g/mol. The number of nitrogens with zero attached hydrogens (tertiary/aromatic N) is 1. The van der Waals surface area contributed by atoms with E-state index in [0.717, 1.165) is 0 Å². The molecule has 0 aromatic rings. The number of hydrogen-bond donors (Lipinski definition) is 1. The van der Waals surface area contributed by atoms with Crippen molar-refractivity contribution in [2.45, 2.75) is 59.6 Å². The molecule has 2 amide bonds. The highest BCUT2D eigenvalue weighted by molar-refractivity contribution is 5.88. The molecule has 1 aliphatic heterocycles. The molecule has 5 heteroatoms. The lowest BCUT2D eigenvalue weighted by Gasteiger charge is -2.34. The van der Waals surface area contributed by atoms with Gasteiger partial charge in [-0.1, -0.05) is 13.8 Å². The van der Waals surface area contributed by atoms with Crippen molar-refractivity contribution in [3.63, 3.8) is 0 Å². The third-order valence-corrected chi connectivity index (χ3v) is 2.59. The van der Waals surface area contributed by atoms with E-state index in [-0.39, 0.29) is 5.91 Å². The van der Waals surface area contributed by atoms with Gasteiger partial charge in [0.15, 0.2) is 0 Å². The van der Waals surface area contributed by atoms with E-state index in [1.807, 2.05) is 34.6 Å². The van der Waals surface area contributed by atoms with E-state index in [0.29, 0.717) is 18.0 Å². The molecule has 0 radical (unpaired) electrons. The summed E-state index contributed by atoms with van der Waals surface area (Å²) in [6.45, 7) is 11.2. The van der Waals surface area contributed by atoms with Crippen molar-refractivity contribution >= 4 is 12.0 Å². The van der Waals surface area contributed by atoms with Crippen molar-refractivity contribution in [1.29, 1.82) is 0 Å². The normalized spacial score (nSPS) is 20.2. The van der Waals surface area contributed by atoms with E-state index in [4.69, 9.17) is 4.74 Å². The Kier molecular flexibility index (Phi) is 4.61. The second-order valence-electron chi connectivity index (χ2n) is 6.33. The smallest absolute Gasteiger partial charge is 0.415 e. The van der Waals surface area contributed by atoms with Crippen LogP contribution in [-0.4, -0.2) is 28.5 Å². The molecular weight excluding hydrogens is 244 g/mol. The number of carbonyl (C=O) groups is 2. The maximum Gasteiger partial charge on any atom is 0.415 e. The van der Waals surface area contributed by atoms with Crippen molar-refractivity contribution < 1.29 is 14.3 Å². The number of nitrogens with one attached hydrogen (secondary N) is 1. The van der Waals surface area contributed by atoms with Gasteiger partial charge >= 0.3 is 6.09 Å². The van der Waals surface area contributed by atoms with Crippen LogP contribution in [0.1, 0.15) is 48.0 Å². The Bertz CT molecular complexity index is 394. The second-order valence-corrected chi connectivity index (χ2v) is 6.33. The summed E-state index contributed by atoms with van der Waals surface area (Å²) in [7, 11) is 0. The van der Waals surface area contributed by atoms with Gasteiger partial charge in [-0.2, -0.15) is 0 Å². The van der Waals surface area contributed by atoms with Crippen molar-refractivity contribution in [3.8, 4) is 0 Å². The van der Waals surface area contributed by atoms with Gasteiger partial charge in [-0.25, -0.2) is 4.79 Å². The van der Waals surface area contributed by atoms with Gasteiger partial charge in [0.1, 0.15) is 11.6 Å². The van der Waals surface area contributed by atoms with Gasteiger partial charge in [-0.3, -0.25) is 9.69 Å². The van der Waals surface area contributed by atoms with Gasteiger partial charge < -0.3 is 10.1 Å². The van der Waals surface area contributed by atoms with Crippen LogP contribution in [0.4, 0.5) is 4.79 Å². The molecule has 0 unspecified atom stereocenters.